The maximum Gasteiger partial charge on any atom is 0.411 e. The van der Waals surface area contributed by atoms with Gasteiger partial charge in [0, 0.05) is 24.5 Å². The summed E-state index contributed by atoms with van der Waals surface area (Å²) in [5.41, 5.74) is 1.74. The summed E-state index contributed by atoms with van der Waals surface area (Å²) in [7, 11) is 0. The lowest BCUT2D eigenvalue weighted by Crippen LogP contribution is -2.33. The van der Waals surface area contributed by atoms with Gasteiger partial charge in [-0.2, -0.15) is 0 Å². The average molecular weight is 643 g/mol. The van der Waals surface area contributed by atoms with Crippen LogP contribution in [0.5, 0.6) is 0 Å². The van der Waals surface area contributed by atoms with Crippen LogP contribution in [0.3, 0.4) is 0 Å². The van der Waals surface area contributed by atoms with E-state index in [0.29, 0.717) is 48.4 Å². The van der Waals surface area contributed by atoms with Gasteiger partial charge in [-0.05, 0) is 101 Å². The third-order valence-corrected chi connectivity index (χ3v) is 7.17. The Morgan fingerprint density at radius 1 is 0.587 bits per heavy atom. The number of carbonyl (C=O) groups is 4. The van der Waals surface area contributed by atoms with Gasteiger partial charge in [-0.15, -0.1) is 0 Å². The van der Waals surface area contributed by atoms with Crippen LogP contribution in [0.2, 0.25) is 0 Å². The maximum atomic E-state index is 12.4. The van der Waals surface area contributed by atoms with Crippen LogP contribution in [0, 0.1) is 0 Å². The molecule has 0 fully saturated rings. The molecule has 0 aliphatic carbocycles. The first-order valence-electron chi connectivity index (χ1n) is 16.0. The molecular formula is C34H50N4O8. The third-order valence-electron chi connectivity index (χ3n) is 7.17. The highest BCUT2D eigenvalue weighted by atomic mass is 16.6. The number of hydrogen-bond acceptors (Lipinski definition) is 10. The number of ether oxygens (including phenoxy) is 4. The second-order valence-electron chi connectivity index (χ2n) is 10.8. The van der Waals surface area contributed by atoms with Gasteiger partial charge in [0.2, 0.25) is 0 Å². The van der Waals surface area contributed by atoms with E-state index in [1.807, 2.05) is 13.8 Å². The first-order valence-corrected chi connectivity index (χ1v) is 16.0. The van der Waals surface area contributed by atoms with Crippen molar-refractivity contribution in [1.29, 1.82) is 0 Å². The van der Waals surface area contributed by atoms with Crippen molar-refractivity contribution < 1.29 is 38.1 Å². The molecule has 46 heavy (non-hydrogen) atoms. The van der Waals surface area contributed by atoms with Crippen LogP contribution in [0.15, 0.2) is 48.5 Å². The van der Waals surface area contributed by atoms with Crippen molar-refractivity contribution in [3.05, 3.63) is 59.7 Å². The Kier molecular flexibility index (Phi) is 17.2. The molecule has 2 aromatic carbocycles. The molecule has 0 saturated carbocycles. The summed E-state index contributed by atoms with van der Waals surface area (Å²) in [4.78, 5) is 53.4. The quantitative estimate of drug-likeness (QED) is 0.106. The molecule has 2 N–H and O–H groups in total. The number of hydrogen-bond donors (Lipinski definition) is 2. The zero-order chi connectivity index (χ0) is 33.9. The number of likely N-dealkylation sites (N-methyl/N-ethyl adjacent to an activating group) is 2. The SMILES string of the molecule is CCN(CC)CC(C)OC(=O)c1ccc(NC(=O)OCCCCOC(=O)Nc2ccc(C(=O)OC(C)CN(CC)CC)cc2)cc1. The van der Waals surface area contributed by atoms with Crippen LogP contribution in [0.1, 0.15) is 75.1 Å². The molecule has 0 spiro atoms. The summed E-state index contributed by atoms with van der Waals surface area (Å²) >= 11 is 0. The molecule has 12 nitrogen and oxygen atoms in total. The number of nitrogens with one attached hydrogen (secondary N) is 2. The van der Waals surface area contributed by atoms with Crippen LogP contribution in [-0.4, -0.2) is 98.6 Å². The minimum absolute atomic E-state index is 0.136. The van der Waals surface area contributed by atoms with Gasteiger partial charge in [-0.3, -0.25) is 10.6 Å². The summed E-state index contributed by atoms with van der Waals surface area (Å²) in [6, 6.07) is 12.8. The van der Waals surface area contributed by atoms with Gasteiger partial charge in [-0.1, -0.05) is 27.7 Å². The molecule has 2 amide bonds. The molecule has 0 bridgehead atoms. The summed E-state index contributed by atoms with van der Waals surface area (Å²) in [5.74, 6) is -0.840. The van der Waals surface area contributed by atoms with E-state index in [1.54, 1.807) is 48.5 Å². The largest absolute Gasteiger partial charge is 0.458 e. The van der Waals surface area contributed by atoms with Crippen LogP contribution in [0.4, 0.5) is 21.0 Å². The number of anilines is 2. The smallest absolute Gasteiger partial charge is 0.411 e. The molecule has 2 unspecified atom stereocenters. The maximum absolute atomic E-state index is 12.4. The van der Waals surface area contributed by atoms with Gasteiger partial charge in [0.25, 0.3) is 0 Å². The molecule has 0 radical (unpaired) electrons. The van der Waals surface area contributed by atoms with E-state index in [-0.39, 0.29) is 25.4 Å². The highest BCUT2D eigenvalue weighted by Gasteiger charge is 2.16. The Morgan fingerprint density at radius 3 is 1.22 bits per heavy atom. The molecule has 254 valence electrons. The number of unbranched alkanes of at least 4 members (excludes halogenated alkanes) is 1. The van der Waals surface area contributed by atoms with E-state index in [9.17, 15) is 19.2 Å². The summed E-state index contributed by atoms with van der Waals surface area (Å²) in [6.07, 6.45) is -0.775. The minimum atomic E-state index is -0.632. The van der Waals surface area contributed by atoms with E-state index >= 15 is 0 Å². The average Bonchev–Trinajstić information content (AvgIpc) is 3.04. The van der Waals surface area contributed by atoms with Crippen molar-refractivity contribution in [2.24, 2.45) is 0 Å². The lowest BCUT2D eigenvalue weighted by molar-refractivity contribution is 0.0251. The molecule has 2 aromatic rings. The second kappa shape index (κ2) is 20.8. The van der Waals surface area contributed by atoms with Gasteiger partial charge in [-0.25, -0.2) is 19.2 Å². The van der Waals surface area contributed by atoms with Crippen molar-refractivity contribution in [3.8, 4) is 0 Å². The number of carbonyl (C=O) groups excluding carboxylic acids is 4. The number of amides is 2. The number of nitrogens with zero attached hydrogens (tertiary/aromatic N) is 2. The molecule has 0 aliphatic rings. The Morgan fingerprint density at radius 2 is 0.913 bits per heavy atom. The summed E-state index contributed by atoms with van der Waals surface area (Å²) < 4.78 is 21.4. The standard InChI is InChI=1S/C34H50N4O8/c1-7-37(8-2)23-25(5)45-31(39)27-13-17-29(18-14-27)35-33(41)43-21-11-12-22-44-34(42)36-30-19-15-28(16-20-30)32(40)46-26(6)24-38(9-3)10-4/h13-20,25-26H,7-12,21-24H2,1-6H3,(H,35,41)(H,36,42). The predicted molar refractivity (Wildman–Crippen MR) is 177 cm³/mol. The summed E-state index contributed by atoms with van der Waals surface area (Å²) in [5, 5.41) is 5.23. The molecule has 2 atom stereocenters. The van der Waals surface area contributed by atoms with Crippen molar-refractivity contribution in [3.63, 3.8) is 0 Å². The zero-order valence-electron chi connectivity index (χ0n) is 28.0. The van der Waals surface area contributed by atoms with Crippen molar-refractivity contribution in [1.82, 2.24) is 9.80 Å². The van der Waals surface area contributed by atoms with Crippen LogP contribution < -0.4 is 10.6 Å². The van der Waals surface area contributed by atoms with E-state index in [0.717, 1.165) is 26.2 Å². The van der Waals surface area contributed by atoms with Gasteiger partial charge in [0.15, 0.2) is 0 Å². The predicted octanol–water partition coefficient (Wildman–Crippen LogP) is 6.04. The Labute approximate surface area is 272 Å². The van der Waals surface area contributed by atoms with Crippen molar-refractivity contribution in [2.45, 2.75) is 66.6 Å². The lowest BCUT2D eigenvalue weighted by Gasteiger charge is -2.22. The Bertz CT molecular complexity index is 1120. The number of esters is 2. The summed E-state index contributed by atoms with van der Waals surface area (Å²) in [6.45, 7) is 17.1. The molecule has 0 heterocycles. The first-order chi connectivity index (χ1) is 22.1. The normalized spacial score (nSPS) is 12.3. The molecule has 12 heteroatoms. The van der Waals surface area contributed by atoms with E-state index < -0.39 is 24.1 Å². The number of benzene rings is 2. The van der Waals surface area contributed by atoms with Crippen LogP contribution >= 0.6 is 0 Å². The van der Waals surface area contributed by atoms with E-state index in [2.05, 4.69) is 48.1 Å². The molecule has 0 saturated heterocycles. The van der Waals surface area contributed by atoms with Gasteiger partial charge in [0.1, 0.15) is 12.2 Å². The minimum Gasteiger partial charge on any atom is -0.458 e. The van der Waals surface area contributed by atoms with Crippen LogP contribution in [-0.2, 0) is 18.9 Å². The van der Waals surface area contributed by atoms with Gasteiger partial charge < -0.3 is 28.7 Å². The highest BCUT2D eigenvalue weighted by Crippen LogP contribution is 2.14. The van der Waals surface area contributed by atoms with Crippen LogP contribution in [0.25, 0.3) is 0 Å². The monoisotopic (exact) mass is 642 g/mol. The number of rotatable bonds is 19. The van der Waals surface area contributed by atoms with Gasteiger partial charge >= 0.3 is 24.1 Å². The topological polar surface area (TPSA) is 136 Å². The van der Waals surface area contributed by atoms with E-state index in [1.165, 1.54) is 0 Å². The fourth-order valence-electron chi connectivity index (χ4n) is 4.49. The van der Waals surface area contributed by atoms with Crippen molar-refractivity contribution >= 4 is 35.5 Å². The Balaban J connectivity index is 1.61. The molecule has 2 rings (SSSR count). The first kappa shape index (κ1) is 38.0. The van der Waals surface area contributed by atoms with Crippen molar-refractivity contribution in [2.75, 3.05) is 63.1 Å². The fourth-order valence-corrected chi connectivity index (χ4v) is 4.49. The molecule has 0 aliphatic heterocycles. The second-order valence-corrected chi connectivity index (χ2v) is 10.8. The molecular weight excluding hydrogens is 592 g/mol. The zero-order valence-corrected chi connectivity index (χ0v) is 28.0. The van der Waals surface area contributed by atoms with E-state index in [4.69, 9.17) is 18.9 Å². The third kappa shape index (κ3) is 14.3. The molecule has 0 aromatic heterocycles. The lowest BCUT2D eigenvalue weighted by atomic mass is 10.2. The highest BCUT2D eigenvalue weighted by molar-refractivity contribution is 5.92. The van der Waals surface area contributed by atoms with Gasteiger partial charge in [0.05, 0.1) is 24.3 Å². The Hall–Kier alpha value is -4.16. The fraction of sp³-hybridized carbons (Fsp3) is 0.529.